The first-order chi connectivity index (χ1) is 4.29. The van der Waals surface area contributed by atoms with Crippen LogP contribution in [0, 0.1) is 0 Å². The Morgan fingerprint density at radius 1 is 1.67 bits per heavy atom. The van der Waals surface area contributed by atoms with Gasteiger partial charge in [-0.05, 0) is 0 Å². The van der Waals surface area contributed by atoms with Crippen molar-refractivity contribution in [3.05, 3.63) is 6.20 Å². The van der Waals surface area contributed by atoms with Crippen LogP contribution in [0.2, 0.25) is 0 Å². The van der Waals surface area contributed by atoms with Crippen LogP contribution in [0.4, 0.5) is 5.82 Å². The Hall–Kier alpha value is -1.24. The maximum absolute atomic E-state index is 9.82. The lowest BCUT2D eigenvalue weighted by molar-refractivity contribution is 0.622. The van der Waals surface area contributed by atoms with E-state index in [1.165, 1.54) is 6.20 Å². The molecule has 0 unspecified atom stereocenters. The minimum absolute atomic E-state index is 0.0586. The second kappa shape index (κ2) is 2.35. The van der Waals surface area contributed by atoms with Crippen molar-refractivity contribution < 1.29 is 8.42 Å². The summed E-state index contributed by atoms with van der Waals surface area (Å²) in [5, 5.41) is 8.90. The van der Waals surface area contributed by atoms with Crippen LogP contribution in [0.5, 0.6) is 0 Å². The van der Waals surface area contributed by atoms with Gasteiger partial charge in [0.1, 0.15) is 0 Å². The van der Waals surface area contributed by atoms with Gasteiger partial charge in [-0.25, -0.2) is 0 Å². The van der Waals surface area contributed by atoms with Gasteiger partial charge < -0.3 is 0 Å². The zero-order valence-corrected chi connectivity index (χ0v) is 4.96. The number of aromatic amines is 1. The van der Waals surface area contributed by atoms with Crippen molar-refractivity contribution in [1.29, 1.82) is 0 Å². The SMILES string of the molecule is O=S(=O)=Nc1cn[nH]n1. The van der Waals surface area contributed by atoms with Crippen LogP contribution < -0.4 is 0 Å². The molecule has 1 rings (SSSR count). The first-order valence-electron chi connectivity index (χ1n) is 1.96. The largest absolute Gasteiger partial charge is 0.318 e. The van der Waals surface area contributed by atoms with E-state index >= 15 is 0 Å². The van der Waals surface area contributed by atoms with Crippen molar-refractivity contribution in [2.75, 3.05) is 0 Å². The third-order valence-corrected chi connectivity index (χ3v) is 0.906. The van der Waals surface area contributed by atoms with Gasteiger partial charge in [-0.1, -0.05) is 0 Å². The fourth-order valence-electron chi connectivity index (χ4n) is 0.316. The Balaban J connectivity index is 3.07. The Morgan fingerprint density at radius 2 is 2.44 bits per heavy atom. The topological polar surface area (TPSA) is 88.1 Å². The van der Waals surface area contributed by atoms with E-state index in [0.717, 1.165) is 0 Å². The number of H-pyrrole nitrogens is 1. The molecule has 0 saturated heterocycles. The quantitative estimate of drug-likeness (QED) is 0.578. The van der Waals surface area contributed by atoms with Crippen LogP contribution in [0.3, 0.4) is 0 Å². The number of rotatable bonds is 1. The molecule has 0 saturated carbocycles. The minimum Gasteiger partial charge on any atom is -0.196 e. The van der Waals surface area contributed by atoms with Crippen molar-refractivity contribution in [2.45, 2.75) is 0 Å². The van der Waals surface area contributed by atoms with Crippen molar-refractivity contribution >= 4 is 16.3 Å². The van der Waals surface area contributed by atoms with Crippen molar-refractivity contribution in [2.24, 2.45) is 4.36 Å². The highest BCUT2D eigenvalue weighted by Gasteiger charge is 1.87. The Labute approximate surface area is 51.6 Å². The highest BCUT2D eigenvalue weighted by Crippen LogP contribution is 1.98. The Kier molecular flexibility index (Phi) is 1.54. The molecule has 0 fully saturated rings. The third-order valence-electron chi connectivity index (χ3n) is 0.570. The van der Waals surface area contributed by atoms with Crippen LogP contribution in [0.1, 0.15) is 0 Å². The summed E-state index contributed by atoms with van der Waals surface area (Å²) >= 11 is 0. The normalized spacial score (nSPS) is 8.89. The molecule has 0 atom stereocenters. The average molecular weight is 146 g/mol. The molecule has 48 valence electrons. The highest BCUT2D eigenvalue weighted by molar-refractivity contribution is 7.61. The zero-order valence-electron chi connectivity index (χ0n) is 4.14. The summed E-state index contributed by atoms with van der Waals surface area (Å²) in [6, 6.07) is 0. The van der Waals surface area contributed by atoms with E-state index in [1.54, 1.807) is 0 Å². The summed E-state index contributed by atoms with van der Waals surface area (Å²) in [4.78, 5) is 0. The molecule has 6 nitrogen and oxygen atoms in total. The van der Waals surface area contributed by atoms with E-state index in [4.69, 9.17) is 0 Å². The summed E-state index contributed by atoms with van der Waals surface area (Å²) in [6.45, 7) is 0. The van der Waals surface area contributed by atoms with Crippen LogP contribution >= 0.6 is 0 Å². The monoisotopic (exact) mass is 146 g/mol. The lowest BCUT2D eigenvalue weighted by atomic mass is 10.8. The molecule has 0 bridgehead atoms. The molecular formula is C2H2N4O2S. The van der Waals surface area contributed by atoms with Crippen LogP contribution in [0.25, 0.3) is 0 Å². The molecule has 0 radical (unpaired) electrons. The van der Waals surface area contributed by atoms with Crippen LogP contribution in [0.15, 0.2) is 10.6 Å². The number of aromatic nitrogens is 3. The number of hydrogen-bond donors (Lipinski definition) is 1. The van der Waals surface area contributed by atoms with Gasteiger partial charge in [0.25, 0.3) is 0 Å². The summed E-state index contributed by atoms with van der Waals surface area (Å²) < 4.78 is 22.7. The predicted molar refractivity (Wildman–Crippen MR) is 27.4 cm³/mol. The first-order valence-corrected chi connectivity index (χ1v) is 2.99. The molecule has 9 heavy (non-hydrogen) atoms. The van der Waals surface area contributed by atoms with Gasteiger partial charge in [0.05, 0.1) is 6.20 Å². The fraction of sp³-hybridized carbons (Fsp3) is 0. The molecule has 0 aliphatic carbocycles. The first kappa shape index (κ1) is 5.89. The van der Waals surface area contributed by atoms with Gasteiger partial charge in [0, 0.05) is 0 Å². The molecule has 0 aliphatic heterocycles. The minimum atomic E-state index is -2.44. The van der Waals surface area contributed by atoms with E-state index in [-0.39, 0.29) is 5.82 Å². The van der Waals surface area contributed by atoms with Gasteiger partial charge in [-0.2, -0.15) is 18.7 Å². The number of nitrogens with one attached hydrogen (secondary N) is 1. The molecule has 0 aromatic carbocycles. The molecule has 0 spiro atoms. The van der Waals surface area contributed by atoms with E-state index in [9.17, 15) is 8.42 Å². The maximum atomic E-state index is 9.82. The standard InChI is InChI=1S/C2H2N4O2S/c7-9(8)5-2-1-3-6-4-2/h1H,(H,3,4,6). The molecule has 7 heteroatoms. The van der Waals surface area contributed by atoms with Gasteiger partial charge in [-0.3, -0.25) is 0 Å². The van der Waals surface area contributed by atoms with Gasteiger partial charge in [0.15, 0.2) is 0 Å². The average Bonchev–Trinajstić information content (AvgIpc) is 2.15. The molecule has 1 N–H and O–H groups in total. The van der Waals surface area contributed by atoms with Gasteiger partial charge in [0.2, 0.25) is 5.82 Å². The third kappa shape index (κ3) is 1.61. The second-order valence-corrected chi connectivity index (χ2v) is 1.75. The van der Waals surface area contributed by atoms with Crippen molar-refractivity contribution in [1.82, 2.24) is 15.4 Å². The summed E-state index contributed by atoms with van der Waals surface area (Å²) in [7, 11) is -2.44. The van der Waals surface area contributed by atoms with E-state index in [1.807, 2.05) is 0 Å². The maximum Gasteiger partial charge on any atom is 0.318 e. The van der Waals surface area contributed by atoms with E-state index < -0.39 is 10.5 Å². The second-order valence-electron chi connectivity index (χ2n) is 1.14. The lowest BCUT2D eigenvalue weighted by Gasteiger charge is -1.66. The molecule has 1 aromatic rings. The number of hydrogen-bond acceptors (Lipinski definition) is 5. The van der Waals surface area contributed by atoms with Crippen LogP contribution in [-0.2, 0) is 10.5 Å². The summed E-state index contributed by atoms with van der Waals surface area (Å²) in [5.41, 5.74) is 0. The fourth-order valence-corrected chi connectivity index (χ4v) is 0.557. The Morgan fingerprint density at radius 3 is 2.89 bits per heavy atom. The van der Waals surface area contributed by atoms with E-state index in [2.05, 4.69) is 19.8 Å². The molecule has 1 aromatic heterocycles. The van der Waals surface area contributed by atoms with Gasteiger partial charge >= 0.3 is 10.5 Å². The Bertz CT molecular complexity index is 289. The molecule has 0 amide bonds. The van der Waals surface area contributed by atoms with Gasteiger partial charge in [-0.15, -0.1) is 9.46 Å². The van der Waals surface area contributed by atoms with Crippen molar-refractivity contribution in [3.63, 3.8) is 0 Å². The molecule has 0 aliphatic rings. The van der Waals surface area contributed by atoms with Crippen LogP contribution in [-0.4, -0.2) is 23.8 Å². The zero-order chi connectivity index (χ0) is 6.69. The highest BCUT2D eigenvalue weighted by atomic mass is 32.2. The molecular weight excluding hydrogens is 144 g/mol. The summed E-state index contributed by atoms with van der Waals surface area (Å²) in [5.74, 6) is 0.0586. The number of nitrogens with zero attached hydrogens (tertiary/aromatic N) is 3. The van der Waals surface area contributed by atoms with E-state index in [0.29, 0.717) is 0 Å². The lowest BCUT2D eigenvalue weighted by Crippen LogP contribution is -1.65. The summed E-state index contributed by atoms with van der Waals surface area (Å²) in [6.07, 6.45) is 1.20. The van der Waals surface area contributed by atoms with Crippen molar-refractivity contribution in [3.8, 4) is 0 Å². The smallest absolute Gasteiger partial charge is 0.196 e. The molecule has 1 heterocycles. The predicted octanol–water partition coefficient (Wildman–Crippen LogP) is -0.501.